The summed E-state index contributed by atoms with van der Waals surface area (Å²) in [5.41, 5.74) is 17.5. The van der Waals surface area contributed by atoms with Gasteiger partial charge in [-0.2, -0.15) is 0 Å². The molecule has 2 aliphatic heterocycles. The molecular weight excluding hydrogens is 862 g/mol. The fourth-order valence-electron chi connectivity index (χ4n) is 11.5. The van der Waals surface area contributed by atoms with E-state index in [9.17, 15) is 0 Å². The summed E-state index contributed by atoms with van der Waals surface area (Å²) in [6.45, 7) is 20.7. The van der Waals surface area contributed by atoms with Crippen LogP contribution in [0.4, 0.5) is 17.1 Å². The van der Waals surface area contributed by atoms with Crippen LogP contribution in [0, 0.1) is 0 Å². The summed E-state index contributed by atoms with van der Waals surface area (Å²) in [6, 6.07) is 65.2. The lowest BCUT2D eigenvalue weighted by molar-refractivity contribution is 0.590. The normalized spacial score (nSPS) is 13.4. The molecule has 0 spiro atoms. The van der Waals surface area contributed by atoms with Crippen LogP contribution in [0.15, 0.2) is 176 Å². The summed E-state index contributed by atoms with van der Waals surface area (Å²) in [6.07, 6.45) is 0. The van der Waals surface area contributed by atoms with Gasteiger partial charge in [0.15, 0.2) is 17.5 Å². The van der Waals surface area contributed by atoms with E-state index in [1.165, 1.54) is 82.1 Å². The summed E-state index contributed by atoms with van der Waals surface area (Å²) in [7, 11) is 0. The van der Waals surface area contributed by atoms with Crippen LogP contribution in [-0.2, 0) is 16.2 Å². The molecule has 0 unspecified atom stereocenters. The second-order valence-electron chi connectivity index (χ2n) is 22.9. The maximum Gasteiger partial charge on any atom is 0.252 e. The highest BCUT2D eigenvalue weighted by molar-refractivity contribution is 7.00. The Balaban J connectivity index is 1.22. The Kier molecular flexibility index (Phi) is 9.33. The summed E-state index contributed by atoms with van der Waals surface area (Å²) in [4.78, 5) is 18.5. The summed E-state index contributed by atoms with van der Waals surface area (Å²) >= 11 is 0. The average molecular weight is 918 g/mol. The third-order valence-electron chi connectivity index (χ3n) is 15.2. The fraction of sp³-hybridized carbons (Fsp3) is 0.185. The zero-order valence-electron chi connectivity index (χ0n) is 42.1. The number of fused-ring (bicyclic) bond motifs is 11. The molecule has 0 aliphatic carbocycles. The largest absolute Gasteiger partial charge is 0.311 e. The van der Waals surface area contributed by atoms with Crippen LogP contribution in [0.3, 0.4) is 0 Å². The Morgan fingerprint density at radius 2 is 0.944 bits per heavy atom. The smallest absolute Gasteiger partial charge is 0.252 e. The molecule has 2 aromatic heterocycles. The molecule has 6 heteroatoms. The molecule has 0 saturated carbocycles. The number of benzene rings is 9. The van der Waals surface area contributed by atoms with Crippen molar-refractivity contribution in [1.29, 1.82) is 0 Å². The van der Waals surface area contributed by atoms with Crippen molar-refractivity contribution in [2.24, 2.45) is 0 Å². The predicted octanol–water partition coefficient (Wildman–Crippen LogP) is 14.8. The number of aromatic nitrogens is 4. The molecule has 0 bridgehead atoms. The van der Waals surface area contributed by atoms with E-state index >= 15 is 0 Å². The molecule has 4 heterocycles. The molecule has 2 aliphatic rings. The molecule has 11 aromatic rings. The first kappa shape index (κ1) is 43.2. The van der Waals surface area contributed by atoms with E-state index in [0.29, 0.717) is 17.5 Å². The maximum atomic E-state index is 5.39. The molecule has 9 aromatic carbocycles. The van der Waals surface area contributed by atoms with Gasteiger partial charge in [-0.05, 0) is 107 Å². The van der Waals surface area contributed by atoms with E-state index in [4.69, 9.17) is 15.0 Å². The lowest BCUT2D eigenvalue weighted by Crippen LogP contribution is -2.60. The lowest BCUT2D eigenvalue weighted by atomic mass is 9.33. The van der Waals surface area contributed by atoms with Gasteiger partial charge in [0.05, 0.1) is 11.0 Å². The standard InChI is InChI=1S/C65H56BN5/c1-63(2,3)44-26-30-47(31-27-44)70-52-33-29-45(64(4,5)6)37-50(52)66-51-34-42-25-24-39-18-16-17-23-48(39)56(42)57-49-32-28-46(65(7,8)9)38-53(49)71(59(51)57)55-36-43(35-54(70)58(55)66)62-68-60(40-19-12-10-13-20-40)67-61(69-62)41-21-14-11-15-22-41/h10-38H,1-9H3. The van der Waals surface area contributed by atoms with Gasteiger partial charge in [0, 0.05) is 50.2 Å². The van der Waals surface area contributed by atoms with Gasteiger partial charge in [-0.15, -0.1) is 0 Å². The van der Waals surface area contributed by atoms with Crippen LogP contribution in [0.25, 0.3) is 83.2 Å². The van der Waals surface area contributed by atoms with E-state index in [-0.39, 0.29) is 23.0 Å². The Hall–Kier alpha value is -7.83. The van der Waals surface area contributed by atoms with Crippen molar-refractivity contribution in [1.82, 2.24) is 19.5 Å². The number of rotatable bonds is 4. The van der Waals surface area contributed by atoms with Gasteiger partial charge >= 0.3 is 0 Å². The molecule has 0 N–H and O–H groups in total. The first-order valence-corrected chi connectivity index (χ1v) is 25.1. The summed E-state index contributed by atoms with van der Waals surface area (Å²) in [5.74, 6) is 1.91. The second-order valence-corrected chi connectivity index (χ2v) is 22.9. The molecule has 13 rings (SSSR count). The lowest BCUT2D eigenvalue weighted by Gasteiger charge is -2.41. The second kappa shape index (κ2) is 15.3. The topological polar surface area (TPSA) is 46.8 Å². The zero-order valence-corrected chi connectivity index (χ0v) is 42.1. The van der Waals surface area contributed by atoms with Gasteiger partial charge in [-0.3, -0.25) is 0 Å². The fourth-order valence-corrected chi connectivity index (χ4v) is 11.5. The molecule has 71 heavy (non-hydrogen) atoms. The van der Waals surface area contributed by atoms with Crippen LogP contribution < -0.4 is 21.3 Å². The molecule has 344 valence electrons. The van der Waals surface area contributed by atoms with Gasteiger partial charge in [0.25, 0.3) is 6.71 Å². The molecular formula is C65H56BN5. The minimum Gasteiger partial charge on any atom is -0.311 e. The van der Waals surface area contributed by atoms with E-state index in [0.717, 1.165) is 33.8 Å². The van der Waals surface area contributed by atoms with E-state index in [1.807, 2.05) is 36.4 Å². The van der Waals surface area contributed by atoms with Gasteiger partial charge in [-0.25, -0.2) is 15.0 Å². The SMILES string of the molecule is CC(C)(C)c1ccc(N2c3ccc(C(C)(C)C)cc3B3c4c2cc(-c2nc(-c5ccccc5)nc(-c5ccccc5)n2)cc4-n2c4cc(C(C)(C)C)ccc4c4c5c(ccc6ccccc65)cc3c42)cc1. The zero-order chi connectivity index (χ0) is 48.7. The third kappa shape index (κ3) is 6.78. The first-order valence-electron chi connectivity index (χ1n) is 25.1. The number of hydrogen-bond donors (Lipinski definition) is 0. The summed E-state index contributed by atoms with van der Waals surface area (Å²) < 4.78 is 2.62. The van der Waals surface area contributed by atoms with Gasteiger partial charge < -0.3 is 9.47 Å². The highest BCUT2D eigenvalue weighted by atomic mass is 15.2. The average Bonchev–Trinajstić information content (AvgIpc) is 3.72. The number of nitrogens with zero attached hydrogens (tertiary/aromatic N) is 5. The Bertz CT molecular complexity index is 3920. The molecule has 5 nitrogen and oxygen atoms in total. The molecule has 0 atom stereocenters. The van der Waals surface area contributed by atoms with E-state index < -0.39 is 0 Å². The molecule has 0 fully saturated rings. The van der Waals surface area contributed by atoms with Crippen molar-refractivity contribution in [3.8, 4) is 39.9 Å². The number of anilines is 3. The van der Waals surface area contributed by atoms with Crippen molar-refractivity contribution in [3.63, 3.8) is 0 Å². The van der Waals surface area contributed by atoms with Crippen LogP contribution in [-0.4, -0.2) is 26.2 Å². The Morgan fingerprint density at radius 3 is 1.59 bits per heavy atom. The Morgan fingerprint density at radius 1 is 0.394 bits per heavy atom. The van der Waals surface area contributed by atoms with Crippen LogP contribution >= 0.6 is 0 Å². The van der Waals surface area contributed by atoms with Gasteiger partial charge in [0.2, 0.25) is 0 Å². The van der Waals surface area contributed by atoms with Crippen LogP contribution in [0.2, 0.25) is 0 Å². The molecule has 0 amide bonds. The summed E-state index contributed by atoms with van der Waals surface area (Å²) in [5, 5.41) is 7.62. The van der Waals surface area contributed by atoms with Crippen molar-refractivity contribution in [2.45, 2.75) is 78.6 Å². The molecule has 0 radical (unpaired) electrons. The highest BCUT2D eigenvalue weighted by Gasteiger charge is 2.44. The monoisotopic (exact) mass is 917 g/mol. The highest BCUT2D eigenvalue weighted by Crippen LogP contribution is 2.47. The van der Waals surface area contributed by atoms with Crippen LogP contribution in [0.5, 0.6) is 0 Å². The molecule has 0 saturated heterocycles. The van der Waals surface area contributed by atoms with Gasteiger partial charge in [0.1, 0.15) is 0 Å². The predicted molar refractivity (Wildman–Crippen MR) is 301 cm³/mol. The van der Waals surface area contributed by atoms with E-state index in [1.54, 1.807) is 0 Å². The number of hydrogen-bond acceptors (Lipinski definition) is 4. The Labute approximate surface area is 417 Å². The van der Waals surface area contributed by atoms with Crippen molar-refractivity contribution < 1.29 is 0 Å². The quantitative estimate of drug-likeness (QED) is 0.130. The van der Waals surface area contributed by atoms with E-state index in [2.05, 4.69) is 211 Å². The first-order chi connectivity index (χ1) is 34.1. The van der Waals surface area contributed by atoms with Crippen molar-refractivity contribution in [2.75, 3.05) is 4.90 Å². The minimum absolute atomic E-state index is 0.000294. The maximum absolute atomic E-state index is 5.39. The van der Waals surface area contributed by atoms with Crippen molar-refractivity contribution >= 4 is 83.5 Å². The van der Waals surface area contributed by atoms with Crippen LogP contribution in [0.1, 0.15) is 79.0 Å². The minimum atomic E-state index is -0.0775. The van der Waals surface area contributed by atoms with Gasteiger partial charge in [-0.1, -0.05) is 202 Å². The third-order valence-corrected chi connectivity index (χ3v) is 15.2. The van der Waals surface area contributed by atoms with Crippen molar-refractivity contribution in [3.05, 3.63) is 193 Å².